The second-order valence-corrected chi connectivity index (χ2v) is 6.51. The number of thiazole rings is 1. The number of hydrogen-bond acceptors (Lipinski definition) is 5. The molecule has 3 rings (SSSR count). The van der Waals surface area contributed by atoms with E-state index in [1.54, 1.807) is 18.2 Å². The first-order chi connectivity index (χ1) is 12.1. The van der Waals surface area contributed by atoms with Crippen molar-refractivity contribution in [2.75, 3.05) is 7.11 Å². The third-order valence-electron chi connectivity index (χ3n) is 3.72. The number of nitrogens with zero attached hydrogens (tertiary/aromatic N) is 1. The van der Waals surface area contributed by atoms with Gasteiger partial charge in [0.1, 0.15) is 5.01 Å². The largest absolute Gasteiger partial charge is 0.504 e. The van der Waals surface area contributed by atoms with Crippen LogP contribution in [0.25, 0.3) is 21.9 Å². The Labute approximate surface area is 148 Å². The number of carboxylic acid groups (broad SMARTS) is 1. The lowest BCUT2D eigenvalue weighted by atomic mass is 10.1. The maximum absolute atomic E-state index is 11.0. The smallest absolute Gasteiger partial charge is 0.303 e. The molecule has 1 aromatic heterocycles. The summed E-state index contributed by atoms with van der Waals surface area (Å²) < 4.78 is 6.19. The Balaban J connectivity index is 2.03. The number of rotatable bonds is 6. The van der Waals surface area contributed by atoms with Crippen molar-refractivity contribution in [3.8, 4) is 11.5 Å². The predicted octanol–water partition coefficient (Wildman–Crippen LogP) is 4.42. The van der Waals surface area contributed by atoms with Crippen molar-refractivity contribution < 1.29 is 19.7 Å². The zero-order valence-electron chi connectivity index (χ0n) is 13.6. The molecule has 0 atom stereocenters. The van der Waals surface area contributed by atoms with Crippen LogP contribution in [-0.4, -0.2) is 28.3 Å². The molecule has 2 N–H and O–H groups in total. The third-order valence-corrected chi connectivity index (χ3v) is 4.83. The van der Waals surface area contributed by atoms with Gasteiger partial charge in [-0.05, 0) is 47.9 Å². The second-order valence-electron chi connectivity index (χ2n) is 5.48. The molecule has 0 amide bonds. The summed E-state index contributed by atoms with van der Waals surface area (Å²) in [5.41, 5.74) is 2.55. The van der Waals surface area contributed by atoms with Crippen LogP contribution in [0.4, 0.5) is 0 Å². The van der Waals surface area contributed by atoms with E-state index in [0.29, 0.717) is 12.2 Å². The fourth-order valence-corrected chi connectivity index (χ4v) is 3.49. The number of allylic oxidation sites excluding steroid dienone is 1. The van der Waals surface area contributed by atoms with E-state index in [1.807, 2.05) is 30.3 Å². The average molecular weight is 355 g/mol. The molecular formula is C19H17NO4S. The van der Waals surface area contributed by atoms with E-state index in [9.17, 15) is 9.90 Å². The first-order valence-corrected chi connectivity index (χ1v) is 8.54. The molecule has 0 saturated carbocycles. The quantitative estimate of drug-likeness (QED) is 0.684. The number of aliphatic carboxylic acids is 1. The van der Waals surface area contributed by atoms with Gasteiger partial charge in [-0.2, -0.15) is 0 Å². The summed E-state index contributed by atoms with van der Waals surface area (Å²) in [4.78, 5) is 15.6. The van der Waals surface area contributed by atoms with Gasteiger partial charge in [0.15, 0.2) is 11.5 Å². The van der Waals surface area contributed by atoms with E-state index >= 15 is 0 Å². The highest BCUT2D eigenvalue weighted by molar-refractivity contribution is 7.19. The van der Waals surface area contributed by atoms with Gasteiger partial charge in [0.05, 0.1) is 17.3 Å². The zero-order chi connectivity index (χ0) is 17.8. The lowest BCUT2D eigenvalue weighted by molar-refractivity contribution is -0.136. The minimum Gasteiger partial charge on any atom is -0.504 e. The highest BCUT2D eigenvalue weighted by atomic mass is 32.1. The molecule has 0 radical (unpaired) electrons. The second kappa shape index (κ2) is 7.36. The number of carbonyl (C=O) groups is 1. The van der Waals surface area contributed by atoms with Gasteiger partial charge in [-0.25, -0.2) is 4.98 Å². The van der Waals surface area contributed by atoms with Crippen LogP contribution in [-0.2, 0) is 4.79 Å². The van der Waals surface area contributed by atoms with Crippen LogP contribution in [0.1, 0.15) is 23.4 Å². The molecule has 6 heteroatoms. The summed E-state index contributed by atoms with van der Waals surface area (Å²) in [5.74, 6) is -0.419. The lowest BCUT2D eigenvalue weighted by Gasteiger charge is -2.06. The maximum Gasteiger partial charge on any atom is 0.303 e. The Morgan fingerprint density at radius 2 is 2.04 bits per heavy atom. The van der Waals surface area contributed by atoms with Crippen molar-refractivity contribution >= 4 is 39.2 Å². The summed E-state index contributed by atoms with van der Waals surface area (Å²) >= 11 is 1.54. The van der Waals surface area contributed by atoms with Crippen molar-refractivity contribution in [3.05, 3.63) is 53.0 Å². The Morgan fingerprint density at radius 1 is 1.24 bits per heavy atom. The molecule has 0 unspecified atom stereocenters. The first-order valence-electron chi connectivity index (χ1n) is 7.72. The number of hydrogen-bond donors (Lipinski definition) is 2. The van der Waals surface area contributed by atoms with Gasteiger partial charge >= 0.3 is 5.97 Å². The highest BCUT2D eigenvalue weighted by Gasteiger charge is 2.12. The number of aromatic nitrogens is 1. The van der Waals surface area contributed by atoms with Crippen molar-refractivity contribution in [3.63, 3.8) is 0 Å². The van der Waals surface area contributed by atoms with Gasteiger partial charge in [-0.3, -0.25) is 4.79 Å². The van der Waals surface area contributed by atoms with Gasteiger partial charge in [-0.15, -0.1) is 11.3 Å². The molecule has 3 aromatic rings. The summed E-state index contributed by atoms with van der Waals surface area (Å²) in [5, 5.41) is 19.6. The standard InChI is InChI=1S/C19H17NO4S/c1-24-16-11-12(6-8-15(16)21)10-13(7-9-18(22)23)19-20-14-4-2-3-5-17(14)25-19/h2-6,8,10-11,21H,7,9H2,1H3,(H,22,23)/b13-10-. The van der Waals surface area contributed by atoms with Crippen LogP contribution >= 0.6 is 11.3 Å². The number of methoxy groups -OCH3 is 1. The Bertz CT molecular complexity index is 913. The van der Waals surface area contributed by atoms with Gasteiger partial charge in [-0.1, -0.05) is 18.2 Å². The number of fused-ring (bicyclic) bond motifs is 1. The fourth-order valence-electron chi connectivity index (χ4n) is 2.48. The molecule has 0 saturated heterocycles. The average Bonchev–Trinajstić information content (AvgIpc) is 3.03. The van der Waals surface area contributed by atoms with E-state index in [0.717, 1.165) is 26.4 Å². The minimum absolute atomic E-state index is 0.0248. The first kappa shape index (κ1) is 17.0. The predicted molar refractivity (Wildman–Crippen MR) is 99.0 cm³/mol. The van der Waals surface area contributed by atoms with Gasteiger partial charge < -0.3 is 14.9 Å². The summed E-state index contributed by atoms with van der Waals surface area (Å²) in [6.07, 6.45) is 2.29. The van der Waals surface area contributed by atoms with E-state index in [2.05, 4.69) is 4.98 Å². The molecule has 0 fully saturated rings. The Hall–Kier alpha value is -2.86. The molecule has 0 aliphatic heterocycles. The molecule has 0 spiro atoms. The van der Waals surface area contributed by atoms with Crippen molar-refractivity contribution in [2.24, 2.45) is 0 Å². The molecule has 5 nitrogen and oxygen atoms in total. The van der Waals surface area contributed by atoms with Crippen molar-refractivity contribution in [1.29, 1.82) is 0 Å². The van der Waals surface area contributed by atoms with Crippen LogP contribution in [0.2, 0.25) is 0 Å². The maximum atomic E-state index is 11.0. The molecule has 1 heterocycles. The van der Waals surface area contributed by atoms with Gasteiger partial charge in [0, 0.05) is 6.42 Å². The molecule has 128 valence electrons. The molecule has 25 heavy (non-hydrogen) atoms. The third kappa shape index (κ3) is 3.97. The number of benzene rings is 2. The zero-order valence-corrected chi connectivity index (χ0v) is 14.4. The molecule has 2 aromatic carbocycles. The highest BCUT2D eigenvalue weighted by Crippen LogP contribution is 2.33. The van der Waals surface area contributed by atoms with Crippen LogP contribution in [0.15, 0.2) is 42.5 Å². The van der Waals surface area contributed by atoms with Crippen LogP contribution in [0, 0.1) is 0 Å². The molecule has 0 aliphatic rings. The molecular weight excluding hydrogens is 338 g/mol. The normalized spacial score (nSPS) is 11.6. The number of phenols is 1. The fraction of sp³-hybridized carbons (Fsp3) is 0.158. The van der Waals surface area contributed by atoms with Gasteiger partial charge in [0.25, 0.3) is 0 Å². The van der Waals surface area contributed by atoms with Crippen molar-refractivity contribution in [2.45, 2.75) is 12.8 Å². The SMILES string of the molecule is COc1cc(/C=C(/CCC(=O)O)c2nc3ccccc3s2)ccc1O. The van der Waals surface area contributed by atoms with Gasteiger partial charge in [0.2, 0.25) is 0 Å². The number of phenolic OH excluding ortho intramolecular Hbond substituents is 1. The van der Waals surface area contributed by atoms with E-state index in [4.69, 9.17) is 9.84 Å². The topological polar surface area (TPSA) is 79.7 Å². The monoisotopic (exact) mass is 355 g/mol. The summed E-state index contributed by atoms with van der Waals surface area (Å²) in [6, 6.07) is 12.8. The summed E-state index contributed by atoms with van der Waals surface area (Å²) in [7, 11) is 1.49. The number of carboxylic acids is 1. The number of para-hydroxylation sites is 1. The van der Waals surface area contributed by atoms with Crippen LogP contribution in [0.3, 0.4) is 0 Å². The minimum atomic E-state index is -0.852. The van der Waals surface area contributed by atoms with Crippen LogP contribution in [0.5, 0.6) is 11.5 Å². The van der Waals surface area contributed by atoms with E-state index < -0.39 is 5.97 Å². The number of ether oxygens (including phenoxy) is 1. The lowest BCUT2D eigenvalue weighted by Crippen LogP contribution is -1.95. The number of aromatic hydroxyl groups is 1. The van der Waals surface area contributed by atoms with Crippen LogP contribution < -0.4 is 4.74 Å². The summed E-state index contributed by atoms with van der Waals surface area (Å²) in [6.45, 7) is 0. The molecule has 0 aliphatic carbocycles. The molecule has 0 bridgehead atoms. The Morgan fingerprint density at radius 3 is 2.76 bits per heavy atom. The van der Waals surface area contributed by atoms with E-state index in [1.165, 1.54) is 18.4 Å². The Kier molecular flexibility index (Phi) is 5.00. The van der Waals surface area contributed by atoms with Crippen molar-refractivity contribution in [1.82, 2.24) is 4.98 Å². The van der Waals surface area contributed by atoms with E-state index in [-0.39, 0.29) is 12.2 Å².